The summed E-state index contributed by atoms with van der Waals surface area (Å²) in [7, 11) is 1.59. The highest BCUT2D eigenvalue weighted by Crippen LogP contribution is 2.30. The molecule has 13 heteroatoms. The molecule has 1 fully saturated rings. The Morgan fingerprint density at radius 2 is 1.51 bits per heavy atom. The van der Waals surface area contributed by atoms with Crippen molar-refractivity contribution in [2.45, 2.75) is 18.9 Å². The second kappa shape index (κ2) is 15.5. The molecule has 2 aromatic heterocycles. The molecule has 6 rings (SSSR count). The Bertz CT molecular complexity index is 1910. The minimum absolute atomic E-state index is 0.0622. The first kappa shape index (κ1) is 33.2. The SMILES string of the molecule is COc1cc(/C=C/c2ccc3cc(OCCOCCOCCOc4ccc5c(c4)C(=O)N(C4CCC(=O)NC4=O)C5=O)ccc3n2)ccn1. The van der Waals surface area contributed by atoms with E-state index in [1.54, 1.807) is 19.4 Å². The van der Waals surface area contributed by atoms with Crippen molar-refractivity contribution in [1.29, 1.82) is 0 Å². The minimum Gasteiger partial charge on any atom is -0.491 e. The molecule has 0 spiro atoms. The summed E-state index contributed by atoms with van der Waals surface area (Å²) < 4.78 is 27.9. The second-order valence-electron chi connectivity index (χ2n) is 11.1. The van der Waals surface area contributed by atoms with E-state index in [-0.39, 0.29) is 37.2 Å². The molecule has 0 bridgehead atoms. The molecule has 49 heavy (non-hydrogen) atoms. The topological polar surface area (TPSA) is 155 Å². The first-order valence-corrected chi connectivity index (χ1v) is 15.8. The summed E-state index contributed by atoms with van der Waals surface area (Å²) in [4.78, 5) is 59.2. The van der Waals surface area contributed by atoms with Crippen LogP contribution in [0.2, 0.25) is 0 Å². The number of aromatic nitrogens is 2. The van der Waals surface area contributed by atoms with Crippen molar-refractivity contribution >= 4 is 46.7 Å². The van der Waals surface area contributed by atoms with Crippen molar-refractivity contribution in [1.82, 2.24) is 20.2 Å². The lowest BCUT2D eigenvalue weighted by Crippen LogP contribution is -2.54. The van der Waals surface area contributed by atoms with Crippen molar-refractivity contribution in [2.24, 2.45) is 0 Å². The number of hydrogen-bond donors (Lipinski definition) is 1. The molecule has 2 aliphatic rings. The Morgan fingerprint density at radius 3 is 2.27 bits per heavy atom. The van der Waals surface area contributed by atoms with E-state index < -0.39 is 29.7 Å². The number of piperidine rings is 1. The van der Waals surface area contributed by atoms with Crippen LogP contribution in [0.5, 0.6) is 17.4 Å². The summed E-state index contributed by atoms with van der Waals surface area (Å²) in [5, 5.41) is 3.15. The quantitative estimate of drug-likeness (QED) is 0.146. The zero-order valence-corrected chi connectivity index (χ0v) is 26.8. The number of rotatable bonds is 15. The van der Waals surface area contributed by atoms with Crippen LogP contribution < -0.4 is 19.5 Å². The molecule has 13 nitrogen and oxygen atoms in total. The van der Waals surface area contributed by atoms with Gasteiger partial charge in [-0.25, -0.2) is 9.97 Å². The van der Waals surface area contributed by atoms with Gasteiger partial charge in [0.2, 0.25) is 17.7 Å². The third-order valence-electron chi connectivity index (χ3n) is 7.87. The highest BCUT2D eigenvalue weighted by Gasteiger charge is 2.44. The summed E-state index contributed by atoms with van der Waals surface area (Å²) >= 11 is 0. The van der Waals surface area contributed by atoms with E-state index in [1.165, 1.54) is 12.1 Å². The van der Waals surface area contributed by atoms with E-state index in [9.17, 15) is 19.2 Å². The van der Waals surface area contributed by atoms with Crippen LogP contribution in [0.25, 0.3) is 23.1 Å². The van der Waals surface area contributed by atoms with Gasteiger partial charge in [-0.2, -0.15) is 0 Å². The van der Waals surface area contributed by atoms with Crippen molar-refractivity contribution in [3.8, 4) is 17.4 Å². The largest absolute Gasteiger partial charge is 0.491 e. The van der Waals surface area contributed by atoms with Gasteiger partial charge in [-0.1, -0.05) is 12.1 Å². The molecule has 2 aliphatic heterocycles. The number of carbonyl (C=O) groups is 4. The molecule has 1 N–H and O–H groups in total. The van der Waals surface area contributed by atoms with Crippen LogP contribution in [-0.4, -0.2) is 91.3 Å². The van der Waals surface area contributed by atoms with Crippen molar-refractivity contribution in [2.75, 3.05) is 46.8 Å². The number of benzene rings is 2. The molecule has 1 atom stereocenters. The third kappa shape index (κ3) is 8.08. The molecule has 1 unspecified atom stereocenters. The number of nitrogens with zero attached hydrogens (tertiary/aromatic N) is 3. The van der Waals surface area contributed by atoms with Crippen LogP contribution in [0.1, 0.15) is 44.8 Å². The van der Waals surface area contributed by atoms with Gasteiger partial charge >= 0.3 is 0 Å². The van der Waals surface area contributed by atoms with E-state index in [1.807, 2.05) is 54.6 Å². The lowest BCUT2D eigenvalue weighted by atomic mass is 10.0. The number of hydrogen-bond acceptors (Lipinski definition) is 11. The molecule has 2 aromatic carbocycles. The Balaban J connectivity index is 0.861. The number of methoxy groups -OCH3 is 1. The standard InChI is InChI=1S/C36H34N4O9/c1-45-33-20-23(12-13-37-33)2-4-25-5-3-24-21-26(7-9-30(24)38-25)48-18-16-46-14-15-47-17-19-49-27-6-8-28-29(22-27)36(44)40(35(28)43)31-10-11-32(41)39-34(31)42/h2-9,12-13,20-22,31H,10-11,14-19H2,1H3,(H,39,41,42)/b4-2+. The van der Waals surface area contributed by atoms with Crippen LogP contribution in [0.4, 0.5) is 0 Å². The first-order chi connectivity index (χ1) is 23.9. The Labute approximate surface area is 281 Å². The summed E-state index contributed by atoms with van der Waals surface area (Å²) in [6.07, 6.45) is 5.76. The zero-order valence-electron chi connectivity index (χ0n) is 26.8. The van der Waals surface area contributed by atoms with Gasteiger partial charge in [0.1, 0.15) is 30.8 Å². The highest BCUT2D eigenvalue weighted by molar-refractivity contribution is 6.23. The molecular weight excluding hydrogens is 632 g/mol. The Morgan fingerprint density at radius 1 is 0.796 bits per heavy atom. The zero-order chi connectivity index (χ0) is 34.2. The molecule has 4 aromatic rings. The summed E-state index contributed by atoms with van der Waals surface area (Å²) in [6, 6.07) is 17.0. The molecule has 0 saturated carbocycles. The maximum atomic E-state index is 13.0. The molecule has 0 radical (unpaired) electrons. The van der Waals surface area contributed by atoms with Crippen LogP contribution in [0, 0.1) is 0 Å². The average molecular weight is 667 g/mol. The van der Waals surface area contributed by atoms with E-state index in [2.05, 4.69) is 10.3 Å². The predicted molar refractivity (Wildman–Crippen MR) is 177 cm³/mol. The number of amides is 4. The fourth-order valence-corrected chi connectivity index (χ4v) is 5.42. The van der Waals surface area contributed by atoms with Crippen LogP contribution in [0.15, 0.2) is 66.9 Å². The third-order valence-corrected chi connectivity index (χ3v) is 7.87. The first-order valence-electron chi connectivity index (χ1n) is 15.8. The lowest BCUT2D eigenvalue weighted by Gasteiger charge is -2.27. The number of ether oxygens (including phenoxy) is 5. The van der Waals surface area contributed by atoms with Gasteiger partial charge in [-0.05, 0) is 66.6 Å². The summed E-state index contributed by atoms with van der Waals surface area (Å²) in [5.41, 5.74) is 3.01. The Hall–Kier alpha value is -5.66. The highest BCUT2D eigenvalue weighted by atomic mass is 16.6. The molecule has 252 valence electrons. The van der Waals surface area contributed by atoms with Gasteiger partial charge in [0.05, 0.1) is 55.9 Å². The summed E-state index contributed by atoms with van der Waals surface area (Å²) in [6.45, 7) is 1.99. The number of imide groups is 2. The van der Waals surface area contributed by atoms with Crippen molar-refractivity contribution in [3.05, 3.63) is 89.2 Å². The van der Waals surface area contributed by atoms with E-state index >= 15 is 0 Å². The van der Waals surface area contributed by atoms with E-state index in [0.717, 1.165) is 32.8 Å². The molecule has 0 aliphatic carbocycles. The number of carbonyl (C=O) groups excluding carboxylic acids is 4. The maximum Gasteiger partial charge on any atom is 0.262 e. The minimum atomic E-state index is -1.01. The summed E-state index contributed by atoms with van der Waals surface area (Å²) in [5.74, 6) is -0.548. The van der Waals surface area contributed by atoms with Gasteiger partial charge < -0.3 is 23.7 Å². The molecule has 4 amide bonds. The smallest absolute Gasteiger partial charge is 0.262 e. The van der Waals surface area contributed by atoms with Crippen molar-refractivity contribution < 1.29 is 42.9 Å². The van der Waals surface area contributed by atoms with E-state index in [0.29, 0.717) is 38.1 Å². The monoisotopic (exact) mass is 666 g/mol. The normalized spacial score (nSPS) is 15.9. The number of pyridine rings is 2. The number of fused-ring (bicyclic) bond motifs is 2. The maximum absolute atomic E-state index is 13.0. The van der Waals surface area contributed by atoms with Crippen LogP contribution in [-0.2, 0) is 19.1 Å². The van der Waals surface area contributed by atoms with Crippen LogP contribution >= 0.6 is 0 Å². The molecule has 4 heterocycles. The fraction of sp³-hybridized carbons (Fsp3) is 0.278. The second-order valence-corrected chi connectivity index (χ2v) is 11.1. The fourth-order valence-electron chi connectivity index (χ4n) is 5.42. The molecule has 1 saturated heterocycles. The van der Waals surface area contributed by atoms with Crippen LogP contribution in [0.3, 0.4) is 0 Å². The van der Waals surface area contributed by atoms with E-state index in [4.69, 9.17) is 28.7 Å². The van der Waals surface area contributed by atoms with Gasteiger partial charge in [0.25, 0.3) is 11.8 Å². The Kier molecular flexibility index (Phi) is 10.5. The lowest BCUT2D eigenvalue weighted by molar-refractivity contribution is -0.136. The average Bonchev–Trinajstić information content (AvgIpc) is 3.36. The predicted octanol–water partition coefficient (Wildman–Crippen LogP) is 3.70. The van der Waals surface area contributed by atoms with Crippen molar-refractivity contribution in [3.63, 3.8) is 0 Å². The molecular formula is C36H34N4O9. The number of nitrogens with one attached hydrogen (secondary N) is 1. The van der Waals surface area contributed by atoms with Gasteiger partial charge in [0, 0.05) is 24.1 Å². The van der Waals surface area contributed by atoms with Gasteiger partial charge in [-0.15, -0.1) is 0 Å². The van der Waals surface area contributed by atoms with Gasteiger partial charge in [-0.3, -0.25) is 29.4 Å². The van der Waals surface area contributed by atoms with Gasteiger partial charge in [0.15, 0.2) is 0 Å².